The minimum absolute atomic E-state index is 0.00516. The van der Waals surface area contributed by atoms with Gasteiger partial charge in [0.05, 0.1) is 12.7 Å². The van der Waals surface area contributed by atoms with Crippen LogP contribution in [0.1, 0.15) is 10.4 Å². The number of benzene rings is 1. The summed E-state index contributed by atoms with van der Waals surface area (Å²) in [4.78, 5) is 24.4. The topological polar surface area (TPSA) is 52.6 Å². The number of carbonyl (C=O) groups is 2. The quantitative estimate of drug-likeness (QED) is 0.773. The Labute approximate surface area is 114 Å². The minimum Gasteiger partial charge on any atom is -0.343 e. The summed E-state index contributed by atoms with van der Waals surface area (Å²) < 4.78 is 10.7. The van der Waals surface area contributed by atoms with Crippen LogP contribution >= 0.6 is 11.6 Å². The first-order valence-electron chi connectivity index (χ1n) is 6.27. The zero-order valence-corrected chi connectivity index (χ0v) is 10.7. The molecule has 98 valence electrons. The Balaban J connectivity index is 1.60. The summed E-state index contributed by atoms with van der Waals surface area (Å²) in [7, 11) is 0. The van der Waals surface area contributed by atoms with Crippen molar-refractivity contribution >= 4 is 23.2 Å². The van der Waals surface area contributed by atoms with Crippen molar-refractivity contribution in [3.8, 4) is 0 Å². The van der Waals surface area contributed by atoms with Gasteiger partial charge in [0.2, 0.25) is 6.29 Å². The normalized spacial score (nSPS) is 39.0. The minimum atomic E-state index is -0.741. The molecule has 2 unspecified atom stereocenters. The third kappa shape index (κ3) is 1.60. The van der Waals surface area contributed by atoms with E-state index in [1.807, 2.05) is 0 Å². The molecule has 2 heterocycles. The van der Waals surface area contributed by atoms with E-state index in [1.165, 1.54) is 0 Å². The molecule has 0 spiro atoms. The summed E-state index contributed by atoms with van der Waals surface area (Å²) in [5, 5.41) is 0.594. The lowest BCUT2D eigenvalue weighted by atomic mass is 10.0. The number of halogens is 1. The van der Waals surface area contributed by atoms with Gasteiger partial charge in [0.1, 0.15) is 0 Å². The number of ether oxygens (including phenoxy) is 2. The Morgan fingerprint density at radius 2 is 2.00 bits per heavy atom. The van der Waals surface area contributed by atoms with E-state index in [2.05, 4.69) is 0 Å². The molecule has 2 bridgehead atoms. The first-order chi connectivity index (χ1) is 9.16. The number of hydrogen-bond acceptors (Lipinski definition) is 4. The highest BCUT2D eigenvalue weighted by Crippen LogP contribution is 2.57. The molecule has 0 radical (unpaired) electrons. The molecule has 2 saturated heterocycles. The number of fused-ring (bicyclic) bond motifs is 4. The molecule has 1 aromatic carbocycles. The number of carbonyl (C=O) groups excluding carboxylic acids is 2. The standard InChI is InChI=1S/C14H11ClO4/c15-7-3-1-6(2-4-7)12(16)10-9-8-5-18-14(19-8)13(17)11(9)10/h1-4,8-11,14H,5H2/t8?,9-,10-,11-,14?/m0/s1. The summed E-state index contributed by atoms with van der Waals surface area (Å²) in [5.74, 6) is -0.529. The highest BCUT2D eigenvalue weighted by atomic mass is 35.5. The van der Waals surface area contributed by atoms with Gasteiger partial charge in [-0.25, -0.2) is 0 Å². The molecule has 1 aliphatic carbocycles. The third-order valence-corrected chi connectivity index (χ3v) is 4.46. The van der Waals surface area contributed by atoms with E-state index in [0.29, 0.717) is 17.2 Å². The molecule has 4 rings (SSSR count). The van der Waals surface area contributed by atoms with Gasteiger partial charge in [-0.3, -0.25) is 9.59 Å². The molecule has 5 heteroatoms. The Kier molecular flexibility index (Phi) is 2.37. The molecule has 0 aromatic heterocycles. The SMILES string of the molecule is O=C(c1ccc(Cl)cc1)[C@@H]1[C@H]2C(=O)C3OCC(O3)[C@@H]12. The summed E-state index contributed by atoms with van der Waals surface area (Å²) in [5.41, 5.74) is 0.605. The van der Waals surface area contributed by atoms with Gasteiger partial charge in [0.15, 0.2) is 11.6 Å². The van der Waals surface area contributed by atoms with Crippen LogP contribution in [0.2, 0.25) is 5.02 Å². The first kappa shape index (κ1) is 11.6. The van der Waals surface area contributed by atoms with Crippen LogP contribution in [0.15, 0.2) is 24.3 Å². The van der Waals surface area contributed by atoms with Crippen LogP contribution in [-0.4, -0.2) is 30.6 Å². The van der Waals surface area contributed by atoms with E-state index in [-0.39, 0.29) is 35.4 Å². The van der Waals surface area contributed by atoms with Crippen molar-refractivity contribution in [2.24, 2.45) is 17.8 Å². The third-order valence-electron chi connectivity index (χ3n) is 4.21. The smallest absolute Gasteiger partial charge is 0.218 e. The maximum atomic E-state index is 12.4. The van der Waals surface area contributed by atoms with E-state index >= 15 is 0 Å². The maximum Gasteiger partial charge on any atom is 0.218 e. The van der Waals surface area contributed by atoms with Gasteiger partial charge in [-0.1, -0.05) is 11.6 Å². The fourth-order valence-electron chi connectivity index (χ4n) is 3.24. The van der Waals surface area contributed by atoms with Gasteiger partial charge in [-0.2, -0.15) is 0 Å². The largest absolute Gasteiger partial charge is 0.343 e. The van der Waals surface area contributed by atoms with Crippen molar-refractivity contribution < 1.29 is 19.1 Å². The Bertz CT molecular complexity index is 567. The van der Waals surface area contributed by atoms with Crippen LogP contribution in [0, 0.1) is 17.8 Å². The lowest BCUT2D eigenvalue weighted by molar-refractivity contribution is -0.153. The highest BCUT2D eigenvalue weighted by molar-refractivity contribution is 6.30. The van der Waals surface area contributed by atoms with E-state index in [0.717, 1.165) is 0 Å². The van der Waals surface area contributed by atoms with Crippen LogP contribution in [0.3, 0.4) is 0 Å². The number of rotatable bonds is 2. The second kappa shape index (κ2) is 3.88. The Morgan fingerprint density at radius 1 is 1.26 bits per heavy atom. The molecule has 3 aliphatic rings. The lowest BCUT2D eigenvalue weighted by Gasteiger charge is -2.14. The number of ketones is 2. The van der Waals surface area contributed by atoms with Crippen molar-refractivity contribution in [2.45, 2.75) is 12.4 Å². The molecule has 0 amide bonds. The van der Waals surface area contributed by atoms with Crippen LogP contribution in [0.4, 0.5) is 0 Å². The monoisotopic (exact) mass is 278 g/mol. The maximum absolute atomic E-state index is 12.4. The van der Waals surface area contributed by atoms with Crippen LogP contribution in [-0.2, 0) is 14.3 Å². The number of hydrogen-bond donors (Lipinski definition) is 0. The fourth-order valence-corrected chi connectivity index (χ4v) is 3.36. The van der Waals surface area contributed by atoms with Gasteiger partial charge in [-0.05, 0) is 24.3 Å². The van der Waals surface area contributed by atoms with Crippen molar-refractivity contribution in [1.29, 1.82) is 0 Å². The predicted molar refractivity (Wildman–Crippen MR) is 65.9 cm³/mol. The molecule has 5 atom stereocenters. The molecular weight excluding hydrogens is 268 g/mol. The van der Waals surface area contributed by atoms with Crippen molar-refractivity contribution in [3.05, 3.63) is 34.9 Å². The zero-order chi connectivity index (χ0) is 13.1. The zero-order valence-electron chi connectivity index (χ0n) is 9.91. The molecule has 1 saturated carbocycles. The molecular formula is C14H11ClO4. The van der Waals surface area contributed by atoms with Crippen molar-refractivity contribution in [2.75, 3.05) is 6.61 Å². The second-order valence-corrected chi connectivity index (χ2v) is 5.68. The Morgan fingerprint density at radius 3 is 2.74 bits per heavy atom. The average molecular weight is 279 g/mol. The summed E-state index contributed by atoms with van der Waals surface area (Å²) in [6.07, 6.45) is -0.844. The number of Topliss-reactive ketones (excluding diaryl/α,β-unsaturated/α-hetero) is 2. The van der Waals surface area contributed by atoms with E-state index < -0.39 is 6.29 Å². The second-order valence-electron chi connectivity index (χ2n) is 5.24. The summed E-state index contributed by atoms with van der Waals surface area (Å²) >= 11 is 5.81. The van der Waals surface area contributed by atoms with E-state index in [1.54, 1.807) is 24.3 Å². The fraction of sp³-hybridized carbons (Fsp3) is 0.429. The highest BCUT2D eigenvalue weighted by Gasteiger charge is 2.68. The molecule has 1 aromatic rings. The molecule has 0 N–H and O–H groups in total. The van der Waals surface area contributed by atoms with Gasteiger partial charge in [0.25, 0.3) is 0 Å². The molecule has 3 fully saturated rings. The predicted octanol–water partition coefficient (Wildman–Crippen LogP) is 1.71. The van der Waals surface area contributed by atoms with Gasteiger partial charge in [0, 0.05) is 28.3 Å². The van der Waals surface area contributed by atoms with Gasteiger partial charge < -0.3 is 9.47 Å². The summed E-state index contributed by atoms with van der Waals surface area (Å²) in [6, 6.07) is 6.78. The Hall–Kier alpha value is -1.23. The van der Waals surface area contributed by atoms with Crippen LogP contribution in [0.5, 0.6) is 0 Å². The van der Waals surface area contributed by atoms with Gasteiger partial charge in [-0.15, -0.1) is 0 Å². The summed E-state index contributed by atoms with van der Waals surface area (Å²) in [6.45, 7) is 0.419. The lowest BCUT2D eigenvalue weighted by Crippen LogP contribution is -2.30. The van der Waals surface area contributed by atoms with E-state index in [4.69, 9.17) is 21.1 Å². The molecule has 2 aliphatic heterocycles. The first-order valence-corrected chi connectivity index (χ1v) is 6.65. The van der Waals surface area contributed by atoms with Crippen molar-refractivity contribution in [1.82, 2.24) is 0 Å². The molecule has 19 heavy (non-hydrogen) atoms. The van der Waals surface area contributed by atoms with Crippen molar-refractivity contribution in [3.63, 3.8) is 0 Å². The van der Waals surface area contributed by atoms with Crippen LogP contribution < -0.4 is 0 Å². The average Bonchev–Trinajstić information content (AvgIpc) is 3.02. The van der Waals surface area contributed by atoms with E-state index in [9.17, 15) is 9.59 Å². The van der Waals surface area contributed by atoms with Crippen LogP contribution in [0.25, 0.3) is 0 Å². The molecule has 4 nitrogen and oxygen atoms in total. The van der Waals surface area contributed by atoms with Gasteiger partial charge >= 0.3 is 0 Å².